The molecule has 3 aromatic rings. The van der Waals surface area contributed by atoms with E-state index in [0.29, 0.717) is 26.4 Å². The first-order chi connectivity index (χ1) is 15.8. The Hall–Kier alpha value is -1.97. The Kier molecular flexibility index (Phi) is 7.40. The molecule has 0 saturated heterocycles. The quantitative estimate of drug-likeness (QED) is 0.409. The maximum Gasteiger partial charge on any atom is 0.257 e. The van der Waals surface area contributed by atoms with Gasteiger partial charge in [0.05, 0.1) is 15.6 Å². The molecule has 0 radical (unpaired) electrons. The van der Waals surface area contributed by atoms with Crippen molar-refractivity contribution < 1.29 is 13.2 Å². The summed E-state index contributed by atoms with van der Waals surface area (Å²) in [5, 5.41) is 5.96. The third kappa shape index (κ3) is 5.41. The molecule has 1 heterocycles. The Balaban J connectivity index is 1.45. The van der Waals surface area contributed by atoms with Crippen LogP contribution in [0.3, 0.4) is 0 Å². The minimum Gasteiger partial charge on any atom is -0.298 e. The van der Waals surface area contributed by atoms with Crippen LogP contribution in [-0.4, -0.2) is 36.7 Å². The molecule has 174 valence electrons. The molecule has 1 aromatic heterocycles. The molecule has 2 aromatic carbocycles. The van der Waals surface area contributed by atoms with Crippen molar-refractivity contribution in [2.45, 2.75) is 43.0 Å². The van der Waals surface area contributed by atoms with Crippen LogP contribution >= 0.6 is 34.5 Å². The number of halogens is 2. The maximum atomic E-state index is 13.0. The minimum absolute atomic E-state index is 0.0277. The molecule has 0 bridgehead atoms. The van der Waals surface area contributed by atoms with E-state index >= 15 is 0 Å². The fourth-order valence-corrected chi connectivity index (χ4v) is 6.53. The smallest absolute Gasteiger partial charge is 0.257 e. The number of carbonyl (C=O) groups is 1. The number of thiazole rings is 1. The molecule has 0 aliphatic heterocycles. The fraction of sp³-hybridized carbons (Fsp3) is 0.304. The second kappa shape index (κ2) is 10.1. The van der Waals surface area contributed by atoms with E-state index in [1.54, 1.807) is 30.6 Å². The van der Waals surface area contributed by atoms with Crippen LogP contribution in [0.4, 0.5) is 5.13 Å². The van der Waals surface area contributed by atoms with Crippen LogP contribution in [0, 0.1) is 0 Å². The summed E-state index contributed by atoms with van der Waals surface area (Å²) in [6, 6.07) is 11.1. The zero-order valence-electron chi connectivity index (χ0n) is 17.9. The number of aromatic nitrogens is 1. The standard InChI is InChI=1S/C23H23Cl2N3O3S2/c1-28(17-5-3-2-4-6-17)33(30,31)18-10-7-15(8-11-18)22(29)27-23-26-21(14-32-23)19-12-9-16(24)13-20(19)25/h7-14,17H,2-6H2,1H3,(H,26,27,29). The van der Waals surface area contributed by atoms with Crippen molar-refractivity contribution in [3.8, 4) is 11.3 Å². The highest BCUT2D eigenvalue weighted by molar-refractivity contribution is 7.89. The summed E-state index contributed by atoms with van der Waals surface area (Å²) in [5.41, 5.74) is 1.69. The topological polar surface area (TPSA) is 79.4 Å². The first kappa shape index (κ1) is 24.2. The van der Waals surface area contributed by atoms with Crippen LogP contribution in [0.1, 0.15) is 42.5 Å². The number of rotatable bonds is 6. The Morgan fingerprint density at radius 2 is 1.79 bits per heavy atom. The van der Waals surface area contributed by atoms with Crippen molar-refractivity contribution in [3.63, 3.8) is 0 Å². The molecule has 1 amide bonds. The first-order valence-corrected chi connectivity index (χ1v) is 13.6. The summed E-state index contributed by atoms with van der Waals surface area (Å²) in [5.74, 6) is -0.373. The Labute approximate surface area is 207 Å². The number of nitrogens with zero attached hydrogens (tertiary/aromatic N) is 2. The average molecular weight is 524 g/mol. The lowest BCUT2D eigenvalue weighted by atomic mass is 9.96. The number of amides is 1. The van der Waals surface area contributed by atoms with Gasteiger partial charge >= 0.3 is 0 Å². The van der Waals surface area contributed by atoms with Crippen molar-refractivity contribution in [2.75, 3.05) is 12.4 Å². The van der Waals surface area contributed by atoms with Gasteiger partial charge in [0.15, 0.2) is 5.13 Å². The summed E-state index contributed by atoms with van der Waals surface area (Å²) in [6.45, 7) is 0. The molecule has 10 heteroatoms. The predicted molar refractivity (Wildman–Crippen MR) is 134 cm³/mol. The molecule has 6 nitrogen and oxygen atoms in total. The Morgan fingerprint density at radius 1 is 1.09 bits per heavy atom. The van der Waals surface area contributed by atoms with Crippen LogP contribution in [0.25, 0.3) is 11.3 Å². The SMILES string of the molecule is CN(C1CCCCC1)S(=O)(=O)c1ccc(C(=O)Nc2nc(-c3ccc(Cl)cc3Cl)cs2)cc1. The van der Waals surface area contributed by atoms with Crippen LogP contribution < -0.4 is 5.32 Å². The van der Waals surface area contributed by atoms with E-state index in [4.69, 9.17) is 23.2 Å². The van der Waals surface area contributed by atoms with Gasteiger partial charge in [0, 0.05) is 34.6 Å². The number of carbonyl (C=O) groups excluding carboxylic acids is 1. The van der Waals surface area contributed by atoms with Gasteiger partial charge in [0.2, 0.25) is 10.0 Å². The second-order valence-corrected chi connectivity index (χ2v) is 11.7. The van der Waals surface area contributed by atoms with E-state index in [-0.39, 0.29) is 16.8 Å². The number of hydrogen-bond acceptors (Lipinski definition) is 5. The minimum atomic E-state index is -3.61. The zero-order chi connectivity index (χ0) is 23.6. The molecule has 0 unspecified atom stereocenters. The summed E-state index contributed by atoms with van der Waals surface area (Å²) in [7, 11) is -1.97. The predicted octanol–water partition coefficient (Wildman–Crippen LogP) is 6.32. The average Bonchev–Trinajstić information content (AvgIpc) is 3.27. The molecule has 0 atom stereocenters. The van der Waals surface area contributed by atoms with Gasteiger partial charge in [-0.2, -0.15) is 4.31 Å². The van der Waals surface area contributed by atoms with E-state index in [1.165, 1.54) is 39.9 Å². The van der Waals surface area contributed by atoms with E-state index in [9.17, 15) is 13.2 Å². The molecule has 33 heavy (non-hydrogen) atoms. The third-order valence-corrected chi connectivity index (χ3v) is 9.04. The molecule has 1 saturated carbocycles. The van der Waals surface area contributed by atoms with Gasteiger partial charge in [-0.15, -0.1) is 11.3 Å². The lowest BCUT2D eigenvalue weighted by molar-refractivity contribution is 0.102. The van der Waals surface area contributed by atoms with E-state index in [1.807, 2.05) is 0 Å². The van der Waals surface area contributed by atoms with Crippen molar-refractivity contribution in [1.29, 1.82) is 0 Å². The molecule has 1 N–H and O–H groups in total. The van der Waals surface area contributed by atoms with Gasteiger partial charge in [-0.25, -0.2) is 13.4 Å². The van der Waals surface area contributed by atoms with Crippen molar-refractivity contribution in [2.24, 2.45) is 0 Å². The van der Waals surface area contributed by atoms with Gasteiger partial charge in [-0.1, -0.05) is 42.5 Å². The van der Waals surface area contributed by atoms with E-state index < -0.39 is 10.0 Å². The third-order valence-electron chi connectivity index (χ3n) is 5.81. The van der Waals surface area contributed by atoms with E-state index in [0.717, 1.165) is 37.7 Å². The Morgan fingerprint density at radius 3 is 2.45 bits per heavy atom. The van der Waals surface area contributed by atoms with Gasteiger partial charge in [-0.3, -0.25) is 10.1 Å². The normalized spacial score (nSPS) is 15.0. The van der Waals surface area contributed by atoms with Crippen LogP contribution in [0.15, 0.2) is 52.7 Å². The van der Waals surface area contributed by atoms with Gasteiger partial charge in [0.1, 0.15) is 0 Å². The number of benzene rings is 2. The van der Waals surface area contributed by atoms with Crippen LogP contribution in [0.5, 0.6) is 0 Å². The van der Waals surface area contributed by atoms with Crippen molar-refractivity contribution in [3.05, 3.63) is 63.5 Å². The van der Waals surface area contributed by atoms with Gasteiger partial charge < -0.3 is 0 Å². The highest BCUT2D eigenvalue weighted by atomic mass is 35.5. The Bertz CT molecular complexity index is 1250. The highest BCUT2D eigenvalue weighted by Gasteiger charge is 2.29. The molecular formula is C23H23Cl2N3O3S2. The first-order valence-electron chi connectivity index (χ1n) is 10.6. The molecule has 1 aliphatic carbocycles. The maximum absolute atomic E-state index is 13.0. The largest absolute Gasteiger partial charge is 0.298 e. The van der Waals surface area contributed by atoms with Crippen LogP contribution in [-0.2, 0) is 10.0 Å². The fourth-order valence-electron chi connectivity index (χ4n) is 3.91. The molecule has 1 aliphatic rings. The van der Waals surface area contributed by atoms with Gasteiger partial charge in [0.25, 0.3) is 5.91 Å². The lowest BCUT2D eigenvalue weighted by Gasteiger charge is -2.30. The monoisotopic (exact) mass is 523 g/mol. The lowest BCUT2D eigenvalue weighted by Crippen LogP contribution is -2.38. The summed E-state index contributed by atoms with van der Waals surface area (Å²) in [6.07, 6.45) is 5.01. The zero-order valence-corrected chi connectivity index (χ0v) is 21.1. The molecule has 0 spiro atoms. The summed E-state index contributed by atoms with van der Waals surface area (Å²) < 4.78 is 27.4. The summed E-state index contributed by atoms with van der Waals surface area (Å²) >= 11 is 13.5. The van der Waals surface area contributed by atoms with Crippen LogP contribution in [0.2, 0.25) is 10.0 Å². The second-order valence-electron chi connectivity index (χ2n) is 7.95. The molecular weight excluding hydrogens is 501 g/mol. The van der Waals surface area contributed by atoms with E-state index in [2.05, 4.69) is 10.3 Å². The molecule has 4 rings (SSSR count). The van der Waals surface area contributed by atoms with Gasteiger partial charge in [-0.05, 0) is 55.3 Å². The number of hydrogen-bond donors (Lipinski definition) is 1. The van der Waals surface area contributed by atoms with Crippen molar-refractivity contribution >= 4 is 55.6 Å². The number of sulfonamides is 1. The number of nitrogens with one attached hydrogen (secondary N) is 1. The van der Waals surface area contributed by atoms with Crippen molar-refractivity contribution in [1.82, 2.24) is 9.29 Å². The number of anilines is 1. The molecule has 1 fully saturated rings. The highest BCUT2D eigenvalue weighted by Crippen LogP contribution is 2.32. The summed E-state index contributed by atoms with van der Waals surface area (Å²) in [4.78, 5) is 17.3.